The normalized spacial score (nSPS) is 13.0. The molecule has 2 aromatic carbocycles. The quantitative estimate of drug-likeness (QED) is 0.666. The first-order chi connectivity index (χ1) is 14.1. The number of hydrogen-bond donors (Lipinski definition) is 1. The molecule has 3 aromatic rings. The monoisotopic (exact) mass is 393 g/mol. The van der Waals surface area contributed by atoms with Crippen molar-refractivity contribution in [2.45, 2.75) is 38.6 Å². The summed E-state index contributed by atoms with van der Waals surface area (Å²) >= 11 is 0. The van der Waals surface area contributed by atoms with Gasteiger partial charge in [-0.25, -0.2) is 9.37 Å². The summed E-state index contributed by atoms with van der Waals surface area (Å²) in [4.78, 5) is 16.8. The summed E-state index contributed by atoms with van der Waals surface area (Å²) in [5, 5.41) is 2.90. The van der Waals surface area contributed by atoms with Gasteiger partial charge in [-0.1, -0.05) is 6.07 Å². The number of aromatic nitrogens is 2. The Morgan fingerprint density at radius 2 is 2.03 bits per heavy atom. The van der Waals surface area contributed by atoms with Crippen molar-refractivity contribution in [3.8, 4) is 17.1 Å². The van der Waals surface area contributed by atoms with Gasteiger partial charge >= 0.3 is 0 Å². The van der Waals surface area contributed by atoms with Crippen LogP contribution in [-0.2, 0) is 24.2 Å². The fraction of sp³-hybridized carbons (Fsp3) is 0.304. The number of ether oxygens (including phenoxy) is 1. The van der Waals surface area contributed by atoms with Gasteiger partial charge in [0.25, 0.3) is 0 Å². The molecule has 0 unspecified atom stereocenters. The topological polar surface area (TPSA) is 56.1 Å². The van der Waals surface area contributed by atoms with Crippen molar-refractivity contribution in [3.05, 3.63) is 65.7 Å². The van der Waals surface area contributed by atoms with Crippen LogP contribution in [0.2, 0.25) is 0 Å². The molecule has 2 heterocycles. The van der Waals surface area contributed by atoms with Gasteiger partial charge in [0.1, 0.15) is 5.82 Å². The van der Waals surface area contributed by atoms with Crippen molar-refractivity contribution < 1.29 is 13.9 Å². The number of anilines is 1. The van der Waals surface area contributed by atoms with E-state index in [2.05, 4.69) is 14.9 Å². The van der Waals surface area contributed by atoms with Gasteiger partial charge in [0, 0.05) is 36.1 Å². The maximum atomic E-state index is 13.7. The predicted molar refractivity (Wildman–Crippen MR) is 111 cm³/mol. The number of fused-ring (bicyclic) bond motifs is 1. The fourth-order valence-electron chi connectivity index (χ4n) is 3.72. The Kier molecular flexibility index (Phi) is 5.60. The lowest BCUT2D eigenvalue weighted by Crippen LogP contribution is -2.12. The highest BCUT2D eigenvalue weighted by Crippen LogP contribution is 2.25. The number of hydrogen-bond acceptors (Lipinski definition) is 3. The highest BCUT2D eigenvalue weighted by Gasteiger charge is 2.15. The SMILES string of the molecule is COc1ccc(CCC(=O)Nc2ccc(-c3ncc4n3CCCC4)cc2)cc1F. The number of carbonyl (C=O) groups excluding carboxylic acids is 1. The molecule has 1 aromatic heterocycles. The molecule has 1 aliphatic rings. The third-order valence-electron chi connectivity index (χ3n) is 5.29. The minimum atomic E-state index is -0.415. The summed E-state index contributed by atoms with van der Waals surface area (Å²) in [6.45, 7) is 1.01. The van der Waals surface area contributed by atoms with Crippen LogP contribution in [0.5, 0.6) is 5.75 Å². The lowest BCUT2D eigenvalue weighted by Gasteiger charge is -2.16. The summed E-state index contributed by atoms with van der Waals surface area (Å²) in [5.74, 6) is 0.672. The number of benzene rings is 2. The van der Waals surface area contributed by atoms with Crippen LogP contribution in [0, 0.1) is 5.82 Å². The highest BCUT2D eigenvalue weighted by molar-refractivity contribution is 5.91. The first-order valence-corrected chi connectivity index (χ1v) is 9.91. The van der Waals surface area contributed by atoms with Crippen LogP contribution in [0.15, 0.2) is 48.7 Å². The van der Waals surface area contributed by atoms with Crippen molar-refractivity contribution in [2.24, 2.45) is 0 Å². The lowest BCUT2D eigenvalue weighted by molar-refractivity contribution is -0.116. The van der Waals surface area contributed by atoms with Gasteiger partial charge in [-0.2, -0.15) is 0 Å². The van der Waals surface area contributed by atoms with Crippen LogP contribution in [0.25, 0.3) is 11.4 Å². The number of methoxy groups -OCH3 is 1. The summed E-state index contributed by atoms with van der Waals surface area (Å²) in [6.07, 6.45) is 6.19. The van der Waals surface area contributed by atoms with E-state index < -0.39 is 5.82 Å². The zero-order chi connectivity index (χ0) is 20.2. The van der Waals surface area contributed by atoms with E-state index in [1.165, 1.54) is 31.7 Å². The fourth-order valence-corrected chi connectivity index (χ4v) is 3.72. The second-order valence-corrected chi connectivity index (χ2v) is 7.28. The Bertz CT molecular complexity index is 1010. The smallest absolute Gasteiger partial charge is 0.224 e. The molecule has 6 heteroatoms. The summed E-state index contributed by atoms with van der Waals surface area (Å²) in [5.41, 5.74) is 3.84. The molecule has 29 heavy (non-hydrogen) atoms. The van der Waals surface area contributed by atoms with E-state index in [0.717, 1.165) is 35.6 Å². The molecule has 1 aliphatic heterocycles. The standard InChI is InChI=1S/C23H24FN3O2/c1-29-21-11-5-16(14-20(21)24)6-12-22(28)26-18-9-7-17(8-10-18)23-25-15-19-4-2-3-13-27(19)23/h5,7-11,14-15H,2-4,6,12-13H2,1H3,(H,26,28). The Morgan fingerprint density at radius 3 is 2.79 bits per heavy atom. The molecule has 4 rings (SSSR count). The molecular formula is C23H24FN3O2. The van der Waals surface area contributed by atoms with Crippen LogP contribution in [0.1, 0.15) is 30.5 Å². The Labute approximate surface area is 169 Å². The molecule has 0 bridgehead atoms. The molecule has 0 radical (unpaired) electrons. The van der Waals surface area contributed by atoms with Crippen LogP contribution in [0.4, 0.5) is 10.1 Å². The van der Waals surface area contributed by atoms with Gasteiger partial charge in [0.2, 0.25) is 5.91 Å². The minimum absolute atomic E-state index is 0.104. The third-order valence-corrected chi connectivity index (χ3v) is 5.29. The van der Waals surface area contributed by atoms with Gasteiger partial charge in [-0.3, -0.25) is 4.79 Å². The highest BCUT2D eigenvalue weighted by atomic mass is 19.1. The van der Waals surface area contributed by atoms with Crippen molar-refractivity contribution in [1.29, 1.82) is 0 Å². The maximum Gasteiger partial charge on any atom is 0.224 e. The first kappa shape index (κ1) is 19.2. The second kappa shape index (κ2) is 8.47. The molecule has 0 fully saturated rings. The van der Waals surface area contributed by atoms with E-state index in [1.54, 1.807) is 12.1 Å². The van der Waals surface area contributed by atoms with E-state index in [-0.39, 0.29) is 18.1 Å². The lowest BCUT2D eigenvalue weighted by atomic mass is 10.1. The summed E-state index contributed by atoms with van der Waals surface area (Å²) in [7, 11) is 1.43. The van der Waals surface area contributed by atoms with Crippen molar-refractivity contribution in [3.63, 3.8) is 0 Å². The summed E-state index contributed by atoms with van der Waals surface area (Å²) < 4.78 is 20.9. The van der Waals surface area contributed by atoms with Crippen molar-refractivity contribution in [2.75, 3.05) is 12.4 Å². The zero-order valence-corrected chi connectivity index (χ0v) is 16.5. The third kappa shape index (κ3) is 4.31. The van der Waals surface area contributed by atoms with E-state index in [1.807, 2.05) is 30.5 Å². The van der Waals surface area contributed by atoms with E-state index in [4.69, 9.17) is 4.74 Å². The zero-order valence-electron chi connectivity index (χ0n) is 16.5. The van der Waals surface area contributed by atoms with Crippen LogP contribution in [0.3, 0.4) is 0 Å². The van der Waals surface area contributed by atoms with Gasteiger partial charge in [0.15, 0.2) is 11.6 Å². The van der Waals surface area contributed by atoms with E-state index in [9.17, 15) is 9.18 Å². The molecule has 1 N–H and O–H groups in total. The number of amides is 1. The molecule has 0 saturated heterocycles. The molecule has 0 spiro atoms. The number of rotatable bonds is 6. The Morgan fingerprint density at radius 1 is 1.21 bits per heavy atom. The second-order valence-electron chi connectivity index (χ2n) is 7.28. The minimum Gasteiger partial charge on any atom is -0.494 e. The van der Waals surface area contributed by atoms with Gasteiger partial charge < -0.3 is 14.6 Å². The van der Waals surface area contributed by atoms with E-state index >= 15 is 0 Å². The number of carbonyl (C=O) groups is 1. The molecule has 150 valence electrons. The van der Waals surface area contributed by atoms with Gasteiger partial charge in [-0.05, 0) is 67.6 Å². The number of imidazole rings is 1. The number of nitrogens with zero attached hydrogens (tertiary/aromatic N) is 2. The van der Waals surface area contributed by atoms with Gasteiger partial charge in [-0.15, -0.1) is 0 Å². The Balaban J connectivity index is 1.35. The molecule has 0 aliphatic carbocycles. The molecule has 5 nitrogen and oxygen atoms in total. The average Bonchev–Trinajstić information content (AvgIpc) is 3.17. The van der Waals surface area contributed by atoms with Gasteiger partial charge in [0.05, 0.1) is 7.11 Å². The van der Waals surface area contributed by atoms with E-state index in [0.29, 0.717) is 6.42 Å². The number of aryl methyl sites for hydroxylation is 2. The maximum absolute atomic E-state index is 13.7. The molecule has 0 atom stereocenters. The molecule has 1 amide bonds. The van der Waals surface area contributed by atoms with Crippen LogP contribution in [-0.4, -0.2) is 22.6 Å². The van der Waals surface area contributed by atoms with Crippen molar-refractivity contribution >= 4 is 11.6 Å². The Hall–Kier alpha value is -3.15. The van der Waals surface area contributed by atoms with Crippen LogP contribution < -0.4 is 10.1 Å². The predicted octanol–water partition coefficient (Wildman–Crippen LogP) is 4.61. The average molecular weight is 393 g/mol. The van der Waals surface area contributed by atoms with Crippen LogP contribution >= 0.6 is 0 Å². The van der Waals surface area contributed by atoms with Crippen molar-refractivity contribution in [1.82, 2.24) is 9.55 Å². The summed E-state index contributed by atoms with van der Waals surface area (Å²) in [6, 6.07) is 12.5. The molecular weight excluding hydrogens is 369 g/mol. The number of nitrogens with one attached hydrogen (secondary N) is 1. The molecule has 0 saturated carbocycles. The number of halogens is 1. The largest absolute Gasteiger partial charge is 0.494 e. The first-order valence-electron chi connectivity index (χ1n) is 9.91.